The van der Waals surface area contributed by atoms with Crippen LogP contribution in [0.25, 0.3) is 21.7 Å². The Bertz CT molecular complexity index is 817. The Kier molecular flexibility index (Phi) is 4.93. The quantitative estimate of drug-likeness (QED) is 0.547. The van der Waals surface area contributed by atoms with Crippen LogP contribution in [0.15, 0.2) is 65.8 Å². The Balaban J connectivity index is 2.26. The van der Waals surface area contributed by atoms with Crippen molar-refractivity contribution in [1.82, 2.24) is 4.57 Å². The van der Waals surface area contributed by atoms with Gasteiger partial charge in [0, 0.05) is 6.54 Å². The van der Waals surface area contributed by atoms with E-state index in [4.69, 9.17) is 5.84 Å². The molecule has 0 amide bonds. The van der Waals surface area contributed by atoms with Crippen molar-refractivity contribution in [2.24, 2.45) is 10.9 Å². The number of nitrogens with zero attached hydrogens (tertiary/aromatic N) is 2. The summed E-state index contributed by atoms with van der Waals surface area (Å²) in [6.45, 7) is 3.13. The first-order valence-electron chi connectivity index (χ1n) is 7.93. The second-order valence-corrected chi connectivity index (χ2v) is 6.41. The minimum Gasteiger partial charge on any atom is -0.320 e. The monoisotopic (exact) mass is 323 g/mol. The lowest BCUT2D eigenvalue weighted by Gasteiger charge is -2.11. The van der Waals surface area contributed by atoms with Gasteiger partial charge >= 0.3 is 0 Å². The summed E-state index contributed by atoms with van der Waals surface area (Å²) < 4.78 is 2.26. The smallest absolute Gasteiger partial charge is 0.208 e. The SMILES string of the molecule is CCCCn1c(-c2ccccc2)c(-c2ccccc2)s/c1=N\N. The molecular formula is C19H21N3S. The molecule has 0 radical (unpaired) electrons. The lowest BCUT2D eigenvalue weighted by atomic mass is 10.1. The first kappa shape index (κ1) is 15.6. The summed E-state index contributed by atoms with van der Waals surface area (Å²) in [7, 11) is 0. The van der Waals surface area contributed by atoms with Crippen molar-refractivity contribution < 1.29 is 0 Å². The molecule has 3 nitrogen and oxygen atoms in total. The van der Waals surface area contributed by atoms with E-state index in [1.54, 1.807) is 11.3 Å². The van der Waals surface area contributed by atoms with Crippen molar-refractivity contribution in [3.8, 4) is 21.7 Å². The first-order valence-corrected chi connectivity index (χ1v) is 8.75. The maximum Gasteiger partial charge on any atom is 0.208 e. The summed E-state index contributed by atoms with van der Waals surface area (Å²) >= 11 is 1.66. The van der Waals surface area contributed by atoms with Crippen molar-refractivity contribution in [2.45, 2.75) is 26.3 Å². The van der Waals surface area contributed by atoms with E-state index in [-0.39, 0.29) is 0 Å². The predicted octanol–water partition coefficient (Wildman–Crippen LogP) is 4.46. The zero-order chi connectivity index (χ0) is 16.1. The Morgan fingerprint density at radius 3 is 2.13 bits per heavy atom. The van der Waals surface area contributed by atoms with Gasteiger partial charge in [-0.05, 0) is 17.5 Å². The van der Waals surface area contributed by atoms with Crippen LogP contribution in [0.2, 0.25) is 0 Å². The number of hydrogen-bond donors (Lipinski definition) is 1. The fourth-order valence-electron chi connectivity index (χ4n) is 2.70. The maximum atomic E-state index is 5.68. The van der Waals surface area contributed by atoms with E-state index in [2.05, 4.69) is 65.1 Å². The molecule has 0 aliphatic rings. The van der Waals surface area contributed by atoms with E-state index >= 15 is 0 Å². The van der Waals surface area contributed by atoms with Gasteiger partial charge in [-0.15, -0.1) is 0 Å². The van der Waals surface area contributed by atoms with Crippen LogP contribution in [-0.4, -0.2) is 4.57 Å². The molecule has 0 bridgehead atoms. The van der Waals surface area contributed by atoms with E-state index in [1.807, 2.05) is 12.1 Å². The molecule has 0 saturated heterocycles. The number of thiazole rings is 1. The Hall–Kier alpha value is -2.33. The van der Waals surface area contributed by atoms with Crippen molar-refractivity contribution in [3.63, 3.8) is 0 Å². The molecule has 3 aromatic rings. The number of benzene rings is 2. The summed E-state index contributed by atoms with van der Waals surface area (Å²) in [4.78, 5) is 2.09. The van der Waals surface area contributed by atoms with Gasteiger partial charge in [0.25, 0.3) is 0 Å². The van der Waals surface area contributed by atoms with Crippen LogP contribution in [0.4, 0.5) is 0 Å². The van der Waals surface area contributed by atoms with Crippen LogP contribution in [0.3, 0.4) is 0 Å². The highest BCUT2D eigenvalue weighted by Crippen LogP contribution is 2.34. The summed E-state index contributed by atoms with van der Waals surface area (Å²) in [5.41, 5.74) is 3.62. The third-order valence-electron chi connectivity index (χ3n) is 3.84. The van der Waals surface area contributed by atoms with E-state index < -0.39 is 0 Å². The van der Waals surface area contributed by atoms with Crippen LogP contribution in [-0.2, 0) is 6.54 Å². The normalized spacial score (nSPS) is 11.8. The number of rotatable bonds is 5. The minimum atomic E-state index is 0.871. The second kappa shape index (κ2) is 7.29. The van der Waals surface area contributed by atoms with E-state index in [0.29, 0.717) is 0 Å². The molecule has 0 unspecified atom stereocenters. The molecule has 118 valence electrons. The molecule has 0 aliphatic carbocycles. The molecule has 23 heavy (non-hydrogen) atoms. The van der Waals surface area contributed by atoms with Gasteiger partial charge < -0.3 is 10.4 Å². The molecule has 0 atom stereocenters. The highest BCUT2D eigenvalue weighted by Gasteiger charge is 2.16. The predicted molar refractivity (Wildman–Crippen MR) is 97.8 cm³/mol. The van der Waals surface area contributed by atoms with Gasteiger partial charge in [0.15, 0.2) is 0 Å². The Morgan fingerprint density at radius 1 is 0.957 bits per heavy atom. The van der Waals surface area contributed by atoms with E-state index in [1.165, 1.54) is 21.7 Å². The minimum absolute atomic E-state index is 0.871. The number of aromatic nitrogens is 1. The summed E-state index contributed by atoms with van der Waals surface area (Å²) in [6, 6.07) is 21.0. The Morgan fingerprint density at radius 2 is 1.57 bits per heavy atom. The summed E-state index contributed by atoms with van der Waals surface area (Å²) in [6.07, 6.45) is 2.25. The molecule has 1 aromatic heterocycles. The third-order valence-corrected chi connectivity index (χ3v) is 4.98. The second-order valence-electron chi connectivity index (χ2n) is 5.43. The van der Waals surface area contributed by atoms with Crippen molar-refractivity contribution in [3.05, 3.63) is 65.5 Å². The lowest BCUT2D eigenvalue weighted by molar-refractivity contribution is 0.621. The van der Waals surface area contributed by atoms with Gasteiger partial charge in [-0.25, -0.2) is 0 Å². The van der Waals surface area contributed by atoms with Gasteiger partial charge in [-0.1, -0.05) is 85.3 Å². The van der Waals surface area contributed by atoms with E-state index in [9.17, 15) is 0 Å². The maximum absolute atomic E-state index is 5.68. The first-order chi connectivity index (χ1) is 11.3. The molecule has 0 spiro atoms. The highest BCUT2D eigenvalue weighted by atomic mass is 32.1. The summed E-state index contributed by atoms with van der Waals surface area (Å²) in [5, 5.41) is 4.04. The molecule has 0 aliphatic heterocycles. The third kappa shape index (κ3) is 3.22. The molecule has 3 rings (SSSR count). The van der Waals surface area contributed by atoms with Crippen molar-refractivity contribution >= 4 is 11.3 Å². The molecule has 1 heterocycles. The highest BCUT2D eigenvalue weighted by molar-refractivity contribution is 7.13. The van der Waals surface area contributed by atoms with Gasteiger partial charge in [0.05, 0.1) is 10.6 Å². The van der Waals surface area contributed by atoms with E-state index in [0.717, 1.165) is 24.2 Å². The topological polar surface area (TPSA) is 43.3 Å². The molecular weight excluding hydrogens is 302 g/mol. The number of unbranched alkanes of at least 4 members (excludes halogenated alkanes) is 1. The lowest BCUT2D eigenvalue weighted by Crippen LogP contribution is -2.17. The van der Waals surface area contributed by atoms with Crippen LogP contribution in [0.5, 0.6) is 0 Å². The van der Waals surface area contributed by atoms with Gasteiger partial charge in [-0.3, -0.25) is 0 Å². The zero-order valence-corrected chi connectivity index (χ0v) is 14.1. The molecule has 2 aromatic carbocycles. The summed E-state index contributed by atoms with van der Waals surface area (Å²) in [5.74, 6) is 5.68. The fraction of sp³-hybridized carbons (Fsp3) is 0.211. The number of hydrogen-bond acceptors (Lipinski definition) is 3. The van der Waals surface area contributed by atoms with Crippen molar-refractivity contribution in [2.75, 3.05) is 0 Å². The average molecular weight is 323 g/mol. The fourth-order valence-corrected chi connectivity index (χ4v) is 3.81. The molecule has 0 saturated carbocycles. The molecule has 2 N–H and O–H groups in total. The molecule has 4 heteroatoms. The van der Waals surface area contributed by atoms with Crippen molar-refractivity contribution in [1.29, 1.82) is 0 Å². The van der Waals surface area contributed by atoms with Crippen LogP contribution < -0.4 is 10.6 Å². The molecule has 0 fully saturated rings. The van der Waals surface area contributed by atoms with Gasteiger partial charge in [0.1, 0.15) is 0 Å². The van der Waals surface area contributed by atoms with Gasteiger partial charge in [-0.2, -0.15) is 5.10 Å². The largest absolute Gasteiger partial charge is 0.320 e. The average Bonchev–Trinajstić information content (AvgIpc) is 3.00. The zero-order valence-electron chi connectivity index (χ0n) is 13.3. The van der Waals surface area contributed by atoms with Gasteiger partial charge in [0.2, 0.25) is 4.80 Å². The number of nitrogens with two attached hydrogens (primary N) is 1. The van der Waals surface area contributed by atoms with Crippen LogP contribution in [0, 0.1) is 0 Å². The van der Waals surface area contributed by atoms with Crippen LogP contribution in [0.1, 0.15) is 19.8 Å². The standard InChI is InChI=1S/C19H21N3S/c1-2-3-14-22-17(15-10-6-4-7-11-15)18(23-19(22)21-20)16-12-8-5-9-13-16/h4-13H,2-3,14,20H2,1H3/b21-19-. The Labute approximate surface area is 140 Å². The van der Waals surface area contributed by atoms with Crippen LogP contribution >= 0.6 is 11.3 Å².